The first-order valence-electron chi connectivity index (χ1n) is 6.71. The fraction of sp³-hybridized carbons (Fsp3) is 0.0588. The third kappa shape index (κ3) is 3.17. The molecule has 1 amide bonds. The van der Waals surface area contributed by atoms with E-state index >= 15 is 0 Å². The second kappa shape index (κ2) is 5.63. The van der Waals surface area contributed by atoms with Gasteiger partial charge in [-0.3, -0.25) is 10.1 Å². The Morgan fingerprint density at radius 1 is 1.19 bits per heavy atom. The van der Waals surface area contributed by atoms with Gasteiger partial charge >= 0.3 is 0 Å². The van der Waals surface area contributed by atoms with Gasteiger partial charge in [0, 0.05) is 6.08 Å². The van der Waals surface area contributed by atoms with Crippen LogP contribution in [0.4, 0.5) is 5.95 Å². The molecule has 0 saturated carbocycles. The number of anilines is 1. The Morgan fingerprint density at radius 3 is 2.86 bits per heavy atom. The minimum absolute atomic E-state index is 0.212. The molecule has 0 radical (unpaired) electrons. The maximum atomic E-state index is 11.9. The van der Waals surface area contributed by atoms with Gasteiger partial charge in [0.1, 0.15) is 0 Å². The molecule has 4 heteroatoms. The number of para-hydroxylation sites is 2. The minimum Gasteiger partial charge on any atom is -0.324 e. The number of hydrogen-bond acceptors (Lipinski definition) is 2. The molecule has 0 saturated heterocycles. The zero-order chi connectivity index (χ0) is 14.7. The molecule has 3 aromatic rings. The van der Waals surface area contributed by atoms with E-state index in [1.807, 2.05) is 55.5 Å². The standard InChI is InChI=1S/C17H15N3O/c1-12-5-4-6-13(11-12)9-10-16(21)20-17-18-14-7-2-3-8-15(14)19-17/h2-11H,1H3,(H2,18,19,20,21). The normalized spacial score (nSPS) is 11.1. The molecular formula is C17H15N3O. The fourth-order valence-electron chi connectivity index (χ4n) is 2.12. The molecule has 4 nitrogen and oxygen atoms in total. The average Bonchev–Trinajstić information content (AvgIpc) is 2.87. The summed E-state index contributed by atoms with van der Waals surface area (Å²) < 4.78 is 0. The number of amides is 1. The summed E-state index contributed by atoms with van der Waals surface area (Å²) in [5, 5.41) is 2.72. The first kappa shape index (κ1) is 13.1. The first-order chi connectivity index (χ1) is 10.2. The molecule has 0 aliphatic rings. The van der Waals surface area contributed by atoms with Gasteiger partial charge < -0.3 is 4.98 Å². The molecule has 0 spiro atoms. The highest BCUT2D eigenvalue weighted by atomic mass is 16.1. The van der Waals surface area contributed by atoms with Crippen LogP contribution >= 0.6 is 0 Å². The van der Waals surface area contributed by atoms with Crippen LogP contribution in [0.25, 0.3) is 17.1 Å². The van der Waals surface area contributed by atoms with Gasteiger partial charge in [-0.2, -0.15) is 0 Å². The summed E-state index contributed by atoms with van der Waals surface area (Å²) >= 11 is 0. The number of nitrogens with zero attached hydrogens (tertiary/aromatic N) is 1. The molecule has 2 aromatic carbocycles. The lowest BCUT2D eigenvalue weighted by Gasteiger charge is -1.97. The number of hydrogen-bond donors (Lipinski definition) is 2. The van der Waals surface area contributed by atoms with Gasteiger partial charge in [0.2, 0.25) is 5.95 Å². The van der Waals surface area contributed by atoms with Crippen LogP contribution in [0.5, 0.6) is 0 Å². The van der Waals surface area contributed by atoms with Crippen molar-refractivity contribution in [3.8, 4) is 0 Å². The van der Waals surface area contributed by atoms with E-state index in [9.17, 15) is 4.79 Å². The van der Waals surface area contributed by atoms with Crippen molar-refractivity contribution in [3.63, 3.8) is 0 Å². The summed E-state index contributed by atoms with van der Waals surface area (Å²) in [4.78, 5) is 19.2. The highest BCUT2D eigenvalue weighted by Crippen LogP contribution is 2.13. The number of rotatable bonds is 3. The molecule has 2 N–H and O–H groups in total. The van der Waals surface area contributed by atoms with Gasteiger partial charge in [-0.25, -0.2) is 4.98 Å². The highest BCUT2D eigenvalue weighted by molar-refractivity contribution is 6.01. The zero-order valence-electron chi connectivity index (χ0n) is 11.6. The molecule has 104 valence electrons. The van der Waals surface area contributed by atoms with Gasteiger partial charge in [0.05, 0.1) is 11.0 Å². The van der Waals surface area contributed by atoms with Crippen molar-refractivity contribution in [2.24, 2.45) is 0 Å². The molecule has 0 atom stereocenters. The number of carbonyl (C=O) groups is 1. The predicted molar refractivity (Wildman–Crippen MR) is 84.9 cm³/mol. The summed E-state index contributed by atoms with van der Waals surface area (Å²) in [6.07, 6.45) is 3.28. The average molecular weight is 277 g/mol. The van der Waals surface area contributed by atoms with Gasteiger partial charge in [0.15, 0.2) is 0 Å². The minimum atomic E-state index is -0.212. The third-order valence-corrected chi connectivity index (χ3v) is 3.10. The van der Waals surface area contributed by atoms with Crippen molar-refractivity contribution in [1.29, 1.82) is 0 Å². The van der Waals surface area contributed by atoms with Crippen molar-refractivity contribution < 1.29 is 4.79 Å². The predicted octanol–water partition coefficient (Wildman–Crippen LogP) is 3.52. The zero-order valence-corrected chi connectivity index (χ0v) is 11.6. The largest absolute Gasteiger partial charge is 0.324 e. The van der Waals surface area contributed by atoms with Crippen molar-refractivity contribution >= 4 is 29.0 Å². The number of aromatic amines is 1. The summed E-state index contributed by atoms with van der Waals surface area (Å²) in [6, 6.07) is 15.6. The first-order valence-corrected chi connectivity index (χ1v) is 6.71. The lowest BCUT2D eigenvalue weighted by molar-refractivity contribution is -0.111. The van der Waals surface area contributed by atoms with E-state index in [1.165, 1.54) is 6.08 Å². The fourth-order valence-corrected chi connectivity index (χ4v) is 2.12. The molecule has 0 unspecified atom stereocenters. The highest BCUT2D eigenvalue weighted by Gasteiger charge is 2.03. The second-order valence-corrected chi connectivity index (χ2v) is 4.84. The van der Waals surface area contributed by atoms with E-state index in [0.717, 1.165) is 22.2 Å². The van der Waals surface area contributed by atoms with Crippen LogP contribution in [0.1, 0.15) is 11.1 Å². The Balaban J connectivity index is 1.71. The van der Waals surface area contributed by atoms with E-state index in [2.05, 4.69) is 15.3 Å². The lowest BCUT2D eigenvalue weighted by atomic mass is 10.1. The Morgan fingerprint density at radius 2 is 2.05 bits per heavy atom. The Bertz CT molecular complexity index is 785. The van der Waals surface area contributed by atoms with Crippen LogP contribution in [0.15, 0.2) is 54.6 Å². The molecule has 0 aliphatic carbocycles. The summed E-state index contributed by atoms with van der Waals surface area (Å²) in [5.41, 5.74) is 3.88. The number of H-pyrrole nitrogens is 1. The number of imidazole rings is 1. The van der Waals surface area contributed by atoms with Crippen LogP contribution in [0.2, 0.25) is 0 Å². The van der Waals surface area contributed by atoms with Crippen molar-refractivity contribution in [1.82, 2.24) is 9.97 Å². The molecular weight excluding hydrogens is 262 g/mol. The van der Waals surface area contributed by atoms with E-state index in [4.69, 9.17) is 0 Å². The Labute approximate surface area is 122 Å². The van der Waals surface area contributed by atoms with Gasteiger partial charge in [-0.05, 0) is 30.7 Å². The number of aromatic nitrogens is 2. The van der Waals surface area contributed by atoms with Gasteiger partial charge in [0.25, 0.3) is 5.91 Å². The van der Waals surface area contributed by atoms with Crippen molar-refractivity contribution in [2.45, 2.75) is 6.92 Å². The van der Waals surface area contributed by atoms with Crippen LogP contribution in [0.3, 0.4) is 0 Å². The SMILES string of the molecule is Cc1cccc(C=CC(=O)Nc2nc3ccccc3[nH]2)c1. The summed E-state index contributed by atoms with van der Waals surface area (Å²) in [6.45, 7) is 2.02. The molecule has 21 heavy (non-hydrogen) atoms. The van der Waals surface area contributed by atoms with Crippen LogP contribution in [0, 0.1) is 6.92 Å². The monoisotopic (exact) mass is 277 g/mol. The number of benzene rings is 2. The van der Waals surface area contributed by atoms with E-state index in [0.29, 0.717) is 5.95 Å². The summed E-state index contributed by atoms with van der Waals surface area (Å²) in [5.74, 6) is 0.241. The summed E-state index contributed by atoms with van der Waals surface area (Å²) in [7, 11) is 0. The smallest absolute Gasteiger partial charge is 0.250 e. The number of aryl methyl sites for hydroxylation is 1. The van der Waals surface area contributed by atoms with Crippen LogP contribution in [-0.4, -0.2) is 15.9 Å². The van der Waals surface area contributed by atoms with Crippen molar-refractivity contribution in [2.75, 3.05) is 5.32 Å². The number of fused-ring (bicyclic) bond motifs is 1. The lowest BCUT2D eigenvalue weighted by Crippen LogP contribution is -2.08. The maximum Gasteiger partial charge on any atom is 0.250 e. The number of carbonyl (C=O) groups excluding carboxylic acids is 1. The van der Waals surface area contributed by atoms with E-state index in [1.54, 1.807) is 6.08 Å². The van der Waals surface area contributed by atoms with Crippen LogP contribution in [-0.2, 0) is 4.79 Å². The Kier molecular flexibility index (Phi) is 3.51. The van der Waals surface area contributed by atoms with Crippen molar-refractivity contribution in [3.05, 3.63) is 65.7 Å². The molecule has 1 aromatic heterocycles. The molecule has 3 rings (SSSR count). The topological polar surface area (TPSA) is 57.8 Å². The second-order valence-electron chi connectivity index (χ2n) is 4.84. The molecule has 1 heterocycles. The molecule has 0 aliphatic heterocycles. The maximum absolute atomic E-state index is 11.9. The number of nitrogens with one attached hydrogen (secondary N) is 2. The third-order valence-electron chi connectivity index (χ3n) is 3.10. The molecule has 0 fully saturated rings. The molecule has 0 bridgehead atoms. The van der Waals surface area contributed by atoms with Gasteiger partial charge in [-0.1, -0.05) is 42.0 Å². The van der Waals surface area contributed by atoms with E-state index in [-0.39, 0.29) is 5.91 Å². The van der Waals surface area contributed by atoms with E-state index < -0.39 is 0 Å². The van der Waals surface area contributed by atoms with Crippen LogP contribution < -0.4 is 5.32 Å². The quantitative estimate of drug-likeness (QED) is 0.720. The Hall–Kier alpha value is -2.88. The van der Waals surface area contributed by atoms with Gasteiger partial charge in [-0.15, -0.1) is 0 Å².